The molecule has 1 aromatic carbocycles. The number of halogens is 2. The highest BCUT2D eigenvalue weighted by atomic mass is 19.3. The van der Waals surface area contributed by atoms with Gasteiger partial charge < -0.3 is 15.8 Å². The Morgan fingerprint density at radius 2 is 2.14 bits per heavy atom. The predicted octanol–water partition coefficient (Wildman–Crippen LogP) is 2.98. The molecule has 1 amide bonds. The summed E-state index contributed by atoms with van der Waals surface area (Å²) in [6, 6.07) is 5.39. The molecule has 0 saturated carbocycles. The van der Waals surface area contributed by atoms with Crippen LogP contribution in [-0.2, 0) is 4.79 Å². The van der Waals surface area contributed by atoms with Crippen LogP contribution in [0.2, 0.25) is 0 Å². The van der Waals surface area contributed by atoms with Gasteiger partial charge in [0.2, 0.25) is 5.91 Å². The van der Waals surface area contributed by atoms with Crippen molar-refractivity contribution in [3.63, 3.8) is 0 Å². The summed E-state index contributed by atoms with van der Waals surface area (Å²) < 4.78 is 28.7. The third-order valence-corrected chi connectivity index (χ3v) is 3.15. The summed E-state index contributed by atoms with van der Waals surface area (Å²) in [5.74, 6) is -0.171. The van der Waals surface area contributed by atoms with E-state index in [-0.39, 0.29) is 17.7 Å². The van der Waals surface area contributed by atoms with Gasteiger partial charge in [0.15, 0.2) is 0 Å². The number of carbonyl (C=O) groups excluding carboxylic acids is 1. The molecule has 6 heteroatoms. The Kier molecular flexibility index (Phi) is 7.08. The van der Waals surface area contributed by atoms with Crippen LogP contribution in [0.4, 0.5) is 8.78 Å². The average Bonchev–Trinajstić information content (AvgIpc) is 2.44. The van der Waals surface area contributed by atoms with Gasteiger partial charge in [-0.3, -0.25) is 4.79 Å². The molecule has 1 rings (SSSR count). The number of carbonyl (C=O) groups is 1. The molecule has 0 aliphatic rings. The molecule has 1 aromatic rings. The lowest BCUT2D eigenvalue weighted by atomic mass is 10.1. The fraction of sp³-hybridized carbons (Fsp3) is 0.533. The number of benzene rings is 1. The Morgan fingerprint density at radius 3 is 2.76 bits per heavy atom. The SMILES string of the molecule is CCCCC(N)C(=O)NC(C)c1cccc(OC(F)F)c1. The van der Waals surface area contributed by atoms with E-state index in [9.17, 15) is 13.6 Å². The van der Waals surface area contributed by atoms with Gasteiger partial charge in [0.1, 0.15) is 5.75 Å². The van der Waals surface area contributed by atoms with E-state index in [4.69, 9.17) is 5.73 Å². The standard InChI is InChI=1S/C15H22F2N2O2/c1-3-4-8-13(18)14(20)19-10(2)11-6-5-7-12(9-11)21-15(16)17/h5-7,9-10,13,15H,3-4,8,18H2,1-2H3,(H,19,20). The van der Waals surface area contributed by atoms with Crippen LogP contribution in [0.1, 0.15) is 44.7 Å². The number of alkyl halides is 2. The molecule has 0 bridgehead atoms. The van der Waals surface area contributed by atoms with Crippen molar-refractivity contribution in [3.05, 3.63) is 29.8 Å². The van der Waals surface area contributed by atoms with Crippen LogP contribution in [0, 0.1) is 0 Å². The summed E-state index contributed by atoms with van der Waals surface area (Å²) >= 11 is 0. The number of hydrogen-bond acceptors (Lipinski definition) is 3. The van der Waals surface area contributed by atoms with Crippen molar-refractivity contribution in [3.8, 4) is 5.75 Å². The van der Waals surface area contributed by atoms with E-state index in [1.807, 2.05) is 6.92 Å². The normalized spacial score (nSPS) is 13.8. The van der Waals surface area contributed by atoms with Gasteiger partial charge in [0.25, 0.3) is 0 Å². The van der Waals surface area contributed by atoms with Gasteiger partial charge in [0, 0.05) is 0 Å². The first-order chi connectivity index (χ1) is 9.93. The molecular weight excluding hydrogens is 278 g/mol. The summed E-state index contributed by atoms with van der Waals surface area (Å²) in [7, 11) is 0. The highest BCUT2D eigenvalue weighted by molar-refractivity contribution is 5.81. The largest absolute Gasteiger partial charge is 0.435 e. The van der Waals surface area contributed by atoms with Gasteiger partial charge in [0.05, 0.1) is 12.1 Å². The Labute approximate surface area is 123 Å². The maximum Gasteiger partial charge on any atom is 0.387 e. The molecule has 3 N–H and O–H groups in total. The van der Waals surface area contributed by atoms with Crippen molar-refractivity contribution in [2.24, 2.45) is 5.73 Å². The van der Waals surface area contributed by atoms with Gasteiger partial charge in [-0.1, -0.05) is 31.9 Å². The molecule has 0 radical (unpaired) electrons. The maximum atomic E-state index is 12.2. The molecule has 0 aliphatic carbocycles. The van der Waals surface area contributed by atoms with Crippen molar-refractivity contribution < 1.29 is 18.3 Å². The molecule has 21 heavy (non-hydrogen) atoms. The molecule has 2 atom stereocenters. The fourth-order valence-electron chi connectivity index (χ4n) is 1.92. The van der Waals surface area contributed by atoms with Gasteiger partial charge in [-0.15, -0.1) is 0 Å². The van der Waals surface area contributed by atoms with Crippen LogP contribution < -0.4 is 15.8 Å². The van der Waals surface area contributed by atoms with E-state index < -0.39 is 12.7 Å². The first kappa shape index (κ1) is 17.4. The van der Waals surface area contributed by atoms with E-state index >= 15 is 0 Å². The second-order valence-corrected chi connectivity index (χ2v) is 4.93. The number of unbranched alkanes of at least 4 members (excludes halogenated alkanes) is 1. The monoisotopic (exact) mass is 300 g/mol. The van der Waals surface area contributed by atoms with Gasteiger partial charge in [-0.05, 0) is 31.0 Å². The molecule has 0 heterocycles. The molecule has 0 aromatic heterocycles. The first-order valence-electron chi connectivity index (χ1n) is 7.04. The number of ether oxygens (including phenoxy) is 1. The van der Waals surface area contributed by atoms with Crippen molar-refractivity contribution in [1.29, 1.82) is 0 Å². The first-order valence-corrected chi connectivity index (χ1v) is 7.04. The Balaban J connectivity index is 2.62. The van der Waals surface area contributed by atoms with Crippen LogP contribution in [0.25, 0.3) is 0 Å². The molecule has 0 saturated heterocycles. The van der Waals surface area contributed by atoms with Crippen LogP contribution in [-0.4, -0.2) is 18.6 Å². The summed E-state index contributed by atoms with van der Waals surface area (Å²) in [4.78, 5) is 11.9. The van der Waals surface area contributed by atoms with E-state index in [0.717, 1.165) is 12.8 Å². The quantitative estimate of drug-likeness (QED) is 0.775. The van der Waals surface area contributed by atoms with Crippen molar-refractivity contribution in [2.75, 3.05) is 0 Å². The minimum atomic E-state index is -2.87. The van der Waals surface area contributed by atoms with Crippen LogP contribution in [0.15, 0.2) is 24.3 Å². The van der Waals surface area contributed by atoms with E-state index in [1.165, 1.54) is 12.1 Å². The molecule has 4 nitrogen and oxygen atoms in total. The maximum absolute atomic E-state index is 12.2. The summed E-state index contributed by atoms with van der Waals surface area (Å²) in [5, 5.41) is 2.78. The number of amides is 1. The number of nitrogens with one attached hydrogen (secondary N) is 1. The molecule has 0 fully saturated rings. The van der Waals surface area contributed by atoms with Gasteiger partial charge >= 0.3 is 6.61 Å². The number of hydrogen-bond donors (Lipinski definition) is 2. The fourth-order valence-corrected chi connectivity index (χ4v) is 1.92. The molecule has 118 valence electrons. The molecule has 0 spiro atoms. The third kappa shape index (κ3) is 6.08. The smallest absolute Gasteiger partial charge is 0.387 e. The highest BCUT2D eigenvalue weighted by Gasteiger charge is 2.16. The molecular formula is C15H22F2N2O2. The van der Waals surface area contributed by atoms with Crippen molar-refractivity contribution in [2.45, 2.75) is 51.8 Å². The van der Waals surface area contributed by atoms with Gasteiger partial charge in [-0.2, -0.15) is 8.78 Å². The van der Waals surface area contributed by atoms with E-state index in [1.54, 1.807) is 19.1 Å². The lowest BCUT2D eigenvalue weighted by Gasteiger charge is -2.18. The van der Waals surface area contributed by atoms with Gasteiger partial charge in [-0.25, -0.2) is 0 Å². The Bertz CT molecular complexity index is 455. The summed E-state index contributed by atoms with van der Waals surface area (Å²) in [5.41, 5.74) is 6.47. The zero-order chi connectivity index (χ0) is 15.8. The Morgan fingerprint density at radius 1 is 1.43 bits per heavy atom. The average molecular weight is 300 g/mol. The van der Waals surface area contributed by atoms with Crippen molar-refractivity contribution >= 4 is 5.91 Å². The minimum absolute atomic E-state index is 0.0684. The Hall–Kier alpha value is -1.69. The zero-order valence-electron chi connectivity index (χ0n) is 12.3. The summed E-state index contributed by atoms with van der Waals surface area (Å²) in [6.07, 6.45) is 2.49. The zero-order valence-corrected chi connectivity index (χ0v) is 12.3. The number of nitrogens with two attached hydrogens (primary N) is 1. The molecule has 0 aliphatic heterocycles. The van der Waals surface area contributed by atoms with Crippen LogP contribution >= 0.6 is 0 Å². The minimum Gasteiger partial charge on any atom is -0.435 e. The second kappa shape index (κ2) is 8.56. The van der Waals surface area contributed by atoms with Crippen LogP contribution in [0.3, 0.4) is 0 Å². The number of rotatable bonds is 8. The second-order valence-electron chi connectivity index (χ2n) is 4.93. The molecule has 2 unspecified atom stereocenters. The highest BCUT2D eigenvalue weighted by Crippen LogP contribution is 2.20. The van der Waals surface area contributed by atoms with E-state index in [2.05, 4.69) is 10.1 Å². The van der Waals surface area contributed by atoms with Crippen molar-refractivity contribution in [1.82, 2.24) is 5.32 Å². The summed E-state index contributed by atoms with van der Waals surface area (Å²) in [6.45, 7) is 0.931. The lowest BCUT2D eigenvalue weighted by Crippen LogP contribution is -2.41. The third-order valence-electron chi connectivity index (χ3n) is 3.15. The topological polar surface area (TPSA) is 64.4 Å². The van der Waals surface area contributed by atoms with E-state index in [0.29, 0.717) is 12.0 Å². The lowest BCUT2D eigenvalue weighted by molar-refractivity contribution is -0.123. The predicted molar refractivity (Wildman–Crippen MR) is 77.1 cm³/mol. The van der Waals surface area contributed by atoms with Crippen LogP contribution in [0.5, 0.6) is 5.75 Å².